The highest BCUT2D eigenvalue weighted by atomic mass is 16.6. The molecular formula is C39H46N4O6. The molecule has 0 fully saturated rings. The van der Waals surface area contributed by atoms with Gasteiger partial charge >= 0.3 is 11.9 Å². The van der Waals surface area contributed by atoms with Crippen molar-refractivity contribution in [3.8, 4) is 17.2 Å². The summed E-state index contributed by atoms with van der Waals surface area (Å²) in [7, 11) is 1.57. The van der Waals surface area contributed by atoms with Gasteiger partial charge in [-0.1, -0.05) is 50.2 Å². The number of azo groups is 2. The minimum absolute atomic E-state index is 0.168. The molecule has 0 N–H and O–H groups in total. The van der Waals surface area contributed by atoms with Gasteiger partial charge in [0.1, 0.15) is 19.0 Å². The van der Waals surface area contributed by atoms with E-state index in [4.69, 9.17) is 18.9 Å². The van der Waals surface area contributed by atoms with Crippen molar-refractivity contribution in [2.24, 2.45) is 31.3 Å². The Labute approximate surface area is 289 Å². The van der Waals surface area contributed by atoms with E-state index in [-0.39, 0.29) is 25.2 Å². The Kier molecular flexibility index (Phi) is 14.6. The molecule has 0 bridgehead atoms. The Balaban J connectivity index is 0.000000271. The first-order chi connectivity index (χ1) is 23.5. The number of carbonyl (C=O) groups is 2. The number of benzene rings is 4. The smallest absolute Gasteiger partial charge is 0.316 e. The highest BCUT2D eigenvalue weighted by Gasteiger charge is 2.28. The standard InChI is InChI=1S/C21H26N2O4.C18H20N2O2/c1-5-21(2,3)20(24)27-14-13-26-19-15-17(11-12-18(19)25-4)23-22-16-9-7-6-8-10-16;1-4-18(2,3)17(21)22-16-12-10-15(11-13-16)20-19-14-8-6-5-7-9-14/h6-12,15H,5,13-14H2,1-4H3;5-13H,4H2,1-3H3. The molecule has 0 saturated heterocycles. The van der Waals surface area contributed by atoms with Crippen LogP contribution in [0.1, 0.15) is 54.4 Å². The van der Waals surface area contributed by atoms with Gasteiger partial charge in [-0.05, 0) is 101 Å². The third-order valence-corrected chi connectivity index (χ3v) is 7.72. The lowest BCUT2D eigenvalue weighted by molar-refractivity contribution is -0.154. The Morgan fingerprint density at radius 3 is 1.55 bits per heavy atom. The number of methoxy groups -OCH3 is 1. The zero-order valence-electron chi connectivity index (χ0n) is 29.4. The fraction of sp³-hybridized carbons (Fsp3) is 0.333. The second kappa shape index (κ2) is 18.8. The molecule has 0 heterocycles. The number of ether oxygens (including phenoxy) is 4. The minimum Gasteiger partial charge on any atom is -0.493 e. The number of hydrogen-bond acceptors (Lipinski definition) is 10. The molecule has 4 rings (SSSR count). The molecule has 10 nitrogen and oxygen atoms in total. The van der Waals surface area contributed by atoms with Crippen LogP contribution < -0.4 is 14.2 Å². The summed E-state index contributed by atoms with van der Waals surface area (Å²) >= 11 is 0. The van der Waals surface area contributed by atoms with Gasteiger partial charge in [0.25, 0.3) is 0 Å². The molecule has 0 amide bonds. The molecule has 10 heteroatoms. The van der Waals surface area contributed by atoms with Gasteiger partial charge in [0.15, 0.2) is 11.5 Å². The largest absolute Gasteiger partial charge is 0.493 e. The molecule has 0 aliphatic rings. The molecule has 0 aromatic heterocycles. The fourth-order valence-electron chi connectivity index (χ4n) is 3.66. The van der Waals surface area contributed by atoms with Crippen molar-refractivity contribution in [2.45, 2.75) is 54.4 Å². The first-order valence-corrected chi connectivity index (χ1v) is 16.2. The maximum Gasteiger partial charge on any atom is 0.316 e. The highest BCUT2D eigenvalue weighted by molar-refractivity contribution is 5.78. The van der Waals surface area contributed by atoms with Crippen LogP contribution >= 0.6 is 0 Å². The SMILES string of the molecule is CCC(C)(C)C(=O)OCCOc1cc(N=Nc2ccccc2)ccc1OC.CCC(C)(C)C(=O)Oc1ccc(N=Nc2ccccc2)cc1. The van der Waals surface area contributed by atoms with Crippen LogP contribution in [0.5, 0.6) is 17.2 Å². The summed E-state index contributed by atoms with van der Waals surface area (Å²) in [6.45, 7) is 11.8. The van der Waals surface area contributed by atoms with Crippen LogP contribution in [-0.4, -0.2) is 32.3 Å². The zero-order chi connectivity index (χ0) is 35.7. The number of hydrogen-bond donors (Lipinski definition) is 0. The van der Waals surface area contributed by atoms with Crippen molar-refractivity contribution in [2.75, 3.05) is 20.3 Å². The summed E-state index contributed by atoms with van der Waals surface area (Å²) in [5.74, 6) is 1.16. The molecule has 0 aliphatic heterocycles. The van der Waals surface area contributed by atoms with E-state index in [1.807, 2.05) is 102 Å². The second-order valence-corrected chi connectivity index (χ2v) is 12.2. The minimum atomic E-state index is -0.491. The van der Waals surface area contributed by atoms with Gasteiger partial charge in [0.05, 0.1) is 40.7 Å². The predicted molar refractivity (Wildman–Crippen MR) is 191 cm³/mol. The summed E-state index contributed by atoms with van der Waals surface area (Å²) in [5, 5.41) is 16.7. The van der Waals surface area contributed by atoms with Crippen molar-refractivity contribution < 1.29 is 28.5 Å². The number of carbonyl (C=O) groups excluding carboxylic acids is 2. The van der Waals surface area contributed by atoms with Gasteiger partial charge in [-0.15, -0.1) is 0 Å². The summed E-state index contributed by atoms with van der Waals surface area (Å²) in [4.78, 5) is 24.0. The van der Waals surface area contributed by atoms with Crippen LogP contribution in [0.15, 0.2) is 124 Å². The molecule has 258 valence electrons. The van der Waals surface area contributed by atoms with E-state index in [1.165, 1.54) is 0 Å². The lowest BCUT2D eigenvalue weighted by Gasteiger charge is -2.20. The van der Waals surface area contributed by atoms with E-state index in [0.29, 0.717) is 28.6 Å². The van der Waals surface area contributed by atoms with Crippen molar-refractivity contribution in [1.29, 1.82) is 0 Å². The first-order valence-electron chi connectivity index (χ1n) is 16.2. The van der Waals surface area contributed by atoms with E-state index in [9.17, 15) is 9.59 Å². The van der Waals surface area contributed by atoms with E-state index >= 15 is 0 Å². The average Bonchev–Trinajstić information content (AvgIpc) is 3.13. The van der Waals surface area contributed by atoms with Gasteiger partial charge in [0.2, 0.25) is 0 Å². The second-order valence-electron chi connectivity index (χ2n) is 12.2. The van der Waals surface area contributed by atoms with Gasteiger partial charge in [-0.2, -0.15) is 20.5 Å². The highest BCUT2D eigenvalue weighted by Crippen LogP contribution is 2.32. The summed E-state index contributed by atoms with van der Waals surface area (Å²) in [6.07, 6.45) is 1.45. The Hall–Kier alpha value is -5.38. The van der Waals surface area contributed by atoms with Gasteiger partial charge in [0, 0.05) is 6.07 Å². The van der Waals surface area contributed by atoms with Crippen LogP contribution in [0.2, 0.25) is 0 Å². The Morgan fingerprint density at radius 1 is 0.571 bits per heavy atom. The normalized spacial score (nSPS) is 11.5. The van der Waals surface area contributed by atoms with Crippen LogP contribution in [-0.2, 0) is 14.3 Å². The van der Waals surface area contributed by atoms with Crippen molar-refractivity contribution in [1.82, 2.24) is 0 Å². The molecule has 0 radical (unpaired) electrons. The van der Waals surface area contributed by atoms with Crippen molar-refractivity contribution >= 4 is 34.7 Å². The lowest BCUT2D eigenvalue weighted by atomic mass is 9.91. The van der Waals surface area contributed by atoms with Gasteiger partial charge in [-0.25, -0.2) is 0 Å². The molecule has 4 aromatic carbocycles. The molecule has 0 atom stereocenters. The van der Waals surface area contributed by atoms with E-state index in [1.54, 1.807) is 49.6 Å². The zero-order valence-corrected chi connectivity index (χ0v) is 29.4. The van der Waals surface area contributed by atoms with Crippen molar-refractivity contribution in [3.05, 3.63) is 103 Å². The fourth-order valence-corrected chi connectivity index (χ4v) is 3.66. The summed E-state index contributed by atoms with van der Waals surface area (Å²) < 4.78 is 21.7. The van der Waals surface area contributed by atoms with Crippen LogP contribution in [0.25, 0.3) is 0 Å². The number of rotatable bonds is 14. The maximum absolute atomic E-state index is 12.0. The molecule has 0 saturated carbocycles. The molecular weight excluding hydrogens is 620 g/mol. The number of esters is 2. The molecule has 0 unspecified atom stereocenters. The maximum atomic E-state index is 12.0. The third kappa shape index (κ3) is 12.6. The van der Waals surface area contributed by atoms with E-state index in [2.05, 4.69) is 20.5 Å². The summed E-state index contributed by atoms with van der Waals surface area (Å²) in [6, 6.07) is 31.3. The van der Waals surface area contributed by atoms with E-state index < -0.39 is 10.8 Å². The topological polar surface area (TPSA) is 121 Å². The average molecular weight is 667 g/mol. The molecule has 0 spiro atoms. The quantitative estimate of drug-likeness (QED) is 0.0571. The predicted octanol–water partition coefficient (Wildman–Crippen LogP) is 10.9. The monoisotopic (exact) mass is 666 g/mol. The Morgan fingerprint density at radius 2 is 1.04 bits per heavy atom. The van der Waals surface area contributed by atoms with Gasteiger partial charge < -0.3 is 18.9 Å². The number of nitrogens with zero attached hydrogens (tertiary/aromatic N) is 4. The van der Waals surface area contributed by atoms with Crippen LogP contribution in [0, 0.1) is 10.8 Å². The Bertz CT molecular complexity index is 1670. The van der Waals surface area contributed by atoms with Crippen LogP contribution in [0.4, 0.5) is 22.7 Å². The molecule has 49 heavy (non-hydrogen) atoms. The third-order valence-electron chi connectivity index (χ3n) is 7.72. The molecule has 0 aliphatic carbocycles. The molecule has 4 aromatic rings. The van der Waals surface area contributed by atoms with Crippen LogP contribution in [0.3, 0.4) is 0 Å². The lowest BCUT2D eigenvalue weighted by Crippen LogP contribution is -2.28. The van der Waals surface area contributed by atoms with Gasteiger partial charge in [-0.3, -0.25) is 9.59 Å². The summed E-state index contributed by atoms with van der Waals surface area (Å²) in [5.41, 5.74) is 1.93. The first kappa shape index (κ1) is 38.1. The van der Waals surface area contributed by atoms with E-state index in [0.717, 1.165) is 24.2 Å². The van der Waals surface area contributed by atoms with Crippen molar-refractivity contribution in [3.63, 3.8) is 0 Å².